The molecule has 3 rings (SSSR count). The summed E-state index contributed by atoms with van der Waals surface area (Å²) in [5, 5.41) is 0. The molecule has 2 heteroatoms. The SMILES string of the molecule is CC(=O)N(C/C(=C\c1ccccc1)c1ccc(C)cc1)c1ccccc1. The second kappa shape index (κ2) is 8.30. The summed E-state index contributed by atoms with van der Waals surface area (Å²) >= 11 is 0. The first-order chi connectivity index (χ1) is 12.6. The van der Waals surface area contributed by atoms with Gasteiger partial charge in [0.2, 0.25) is 5.91 Å². The van der Waals surface area contributed by atoms with Crippen LogP contribution in [0.1, 0.15) is 23.6 Å². The van der Waals surface area contributed by atoms with E-state index in [1.165, 1.54) is 5.56 Å². The Morgan fingerprint density at radius 3 is 2.00 bits per heavy atom. The molecule has 0 fully saturated rings. The number of para-hydroxylation sites is 1. The predicted molar refractivity (Wildman–Crippen MR) is 110 cm³/mol. The highest BCUT2D eigenvalue weighted by Gasteiger charge is 2.14. The Balaban J connectivity index is 2.01. The number of carbonyl (C=O) groups is 1. The van der Waals surface area contributed by atoms with Gasteiger partial charge in [0.25, 0.3) is 0 Å². The Morgan fingerprint density at radius 1 is 0.846 bits per heavy atom. The molecule has 0 saturated carbocycles. The lowest BCUT2D eigenvalue weighted by Gasteiger charge is -2.23. The molecule has 0 N–H and O–H groups in total. The van der Waals surface area contributed by atoms with E-state index in [9.17, 15) is 4.79 Å². The summed E-state index contributed by atoms with van der Waals surface area (Å²) in [5.74, 6) is 0.0299. The van der Waals surface area contributed by atoms with Crippen LogP contribution >= 0.6 is 0 Å². The normalized spacial score (nSPS) is 11.2. The van der Waals surface area contributed by atoms with Gasteiger partial charge in [0.1, 0.15) is 0 Å². The Labute approximate surface area is 155 Å². The van der Waals surface area contributed by atoms with Crippen LogP contribution in [0.3, 0.4) is 0 Å². The molecule has 3 aromatic carbocycles. The topological polar surface area (TPSA) is 20.3 Å². The molecule has 0 radical (unpaired) electrons. The standard InChI is InChI=1S/C24H23NO/c1-19-13-15-22(16-14-19)23(17-21-9-5-3-6-10-21)18-25(20(2)26)24-11-7-4-8-12-24/h3-17H,18H2,1-2H3/b23-17+. The van der Waals surface area contributed by atoms with Crippen LogP contribution in [0.25, 0.3) is 11.6 Å². The van der Waals surface area contributed by atoms with Gasteiger partial charge in [-0.2, -0.15) is 0 Å². The highest BCUT2D eigenvalue weighted by molar-refractivity contribution is 5.96. The average Bonchev–Trinajstić information content (AvgIpc) is 2.67. The molecule has 0 unspecified atom stereocenters. The fourth-order valence-corrected chi connectivity index (χ4v) is 2.90. The van der Waals surface area contributed by atoms with Gasteiger partial charge in [-0.15, -0.1) is 0 Å². The Bertz CT molecular complexity index is 881. The van der Waals surface area contributed by atoms with E-state index in [-0.39, 0.29) is 5.91 Å². The summed E-state index contributed by atoms with van der Waals surface area (Å²) in [5.41, 5.74) is 5.49. The van der Waals surface area contributed by atoms with E-state index in [2.05, 4.69) is 49.4 Å². The van der Waals surface area contributed by atoms with Crippen LogP contribution in [0.15, 0.2) is 84.9 Å². The number of rotatable bonds is 5. The summed E-state index contributed by atoms with van der Waals surface area (Å²) < 4.78 is 0. The van der Waals surface area contributed by atoms with Crippen LogP contribution in [0.2, 0.25) is 0 Å². The molecule has 3 aromatic rings. The number of hydrogen-bond donors (Lipinski definition) is 0. The maximum Gasteiger partial charge on any atom is 0.224 e. The molecular weight excluding hydrogens is 318 g/mol. The number of hydrogen-bond acceptors (Lipinski definition) is 1. The molecule has 1 amide bonds. The van der Waals surface area contributed by atoms with E-state index < -0.39 is 0 Å². The van der Waals surface area contributed by atoms with Gasteiger partial charge in [-0.1, -0.05) is 78.4 Å². The Morgan fingerprint density at radius 2 is 1.42 bits per heavy atom. The van der Waals surface area contributed by atoms with Crippen molar-refractivity contribution in [2.24, 2.45) is 0 Å². The fraction of sp³-hybridized carbons (Fsp3) is 0.125. The number of nitrogens with zero attached hydrogens (tertiary/aromatic N) is 1. The molecule has 0 bridgehead atoms. The number of benzene rings is 3. The third-order valence-electron chi connectivity index (χ3n) is 4.34. The lowest BCUT2D eigenvalue weighted by Crippen LogP contribution is -2.30. The molecule has 0 aliphatic carbocycles. The maximum absolute atomic E-state index is 12.3. The first-order valence-corrected chi connectivity index (χ1v) is 8.79. The van der Waals surface area contributed by atoms with Crippen LogP contribution in [0.5, 0.6) is 0 Å². The van der Waals surface area contributed by atoms with E-state index in [4.69, 9.17) is 0 Å². The number of carbonyl (C=O) groups excluding carboxylic acids is 1. The van der Waals surface area contributed by atoms with Gasteiger partial charge in [0, 0.05) is 12.6 Å². The van der Waals surface area contributed by atoms with Crippen LogP contribution in [0.4, 0.5) is 5.69 Å². The zero-order valence-corrected chi connectivity index (χ0v) is 15.2. The molecule has 130 valence electrons. The van der Waals surface area contributed by atoms with Crippen molar-refractivity contribution in [3.63, 3.8) is 0 Å². The monoisotopic (exact) mass is 341 g/mol. The van der Waals surface area contributed by atoms with E-state index in [1.54, 1.807) is 6.92 Å². The third kappa shape index (κ3) is 4.48. The maximum atomic E-state index is 12.3. The van der Waals surface area contributed by atoms with Crippen molar-refractivity contribution in [1.82, 2.24) is 0 Å². The molecule has 26 heavy (non-hydrogen) atoms. The van der Waals surface area contributed by atoms with Gasteiger partial charge in [0.15, 0.2) is 0 Å². The van der Waals surface area contributed by atoms with E-state index in [0.29, 0.717) is 6.54 Å². The van der Waals surface area contributed by atoms with Crippen molar-refractivity contribution >= 4 is 23.2 Å². The second-order valence-corrected chi connectivity index (χ2v) is 6.39. The van der Waals surface area contributed by atoms with Crippen molar-refractivity contribution in [3.05, 3.63) is 102 Å². The summed E-state index contributed by atoms with van der Waals surface area (Å²) in [7, 11) is 0. The highest BCUT2D eigenvalue weighted by atomic mass is 16.2. The van der Waals surface area contributed by atoms with Crippen molar-refractivity contribution in [1.29, 1.82) is 0 Å². The zero-order chi connectivity index (χ0) is 18.4. The molecule has 0 aromatic heterocycles. The molecule has 2 nitrogen and oxygen atoms in total. The second-order valence-electron chi connectivity index (χ2n) is 6.39. The van der Waals surface area contributed by atoms with Crippen LogP contribution in [0, 0.1) is 6.92 Å². The quantitative estimate of drug-likeness (QED) is 0.554. The van der Waals surface area contributed by atoms with Gasteiger partial charge in [0.05, 0.1) is 6.54 Å². The van der Waals surface area contributed by atoms with Crippen molar-refractivity contribution in [3.8, 4) is 0 Å². The predicted octanol–water partition coefficient (Wildman–Crippen LogP) is 5.59. The first kappa shape index (κ1) is 17.7. The summed E-state index contributed by atoms with van der Waals surface area (Å²) in [6.07, 6.45) is 2.16. The zero-order valence-electron chi connectivity index (χ0n) is 15.2. The molecule has 0 aliphatic rings. The van der Waals surface area contributed by atoms with Gasteiger partial charge < -0.3 is 4.90 Å². The van der Waals surface area contributed by atoms with E-state index in [1.807, 2.05) is 53.4 Å². The van der Waals surface area contributed by atoms with Crippen molar-refractivity contribution < 1.29 is 4.79 Å². The molecule has 0 spiro atoms. The van der Waals surface area contributed by atoms with Crippen LogP contribution in [-0.2, 0) is 4.79 Å². The molecule has 0 atom stereocenters. The average molecular weight is 341 g/mol. The molecule has 0 aliphatic heterocycles. The molecular formula is C24H23NO. The van der Waals surface area contributed by atoms with Crippen LogP contribution < -0.4 is 4.90 Å². The lowest BCUT2D eigenvalue weighted by molar-refractivity contribution is -0.116. The summed E-state index contributed by atoms with van der Waals surface area (Å²) in [6.45, 7) is 4.22. The highest BCUT2D eigenvalue weighted by Crippen LogP contribution is 2.23. The fourth-order valence-electron chi connectivity index (χ4n) is 2.90. The Kier molecular flexibility index (Phi) is 5.65. The van der Waals surface area contributed by atoms with Gasteiger partial charge >= 0.3 is 0 Å². The number of amides is 1. The molecule has 0 saturated heterocycles. The third-order valence-corrected chi connectivity index (χ3v) is 4.34. The number of aryl methyl sites for hydroxylation is 1. The summed E-state index contributed by atoms with van der Waals surface area (Å²) in [4.78, 5) is 14.1. The van der Waals surface area contributed by atoms with Gasteiger partial charge in [-0.3, -0.25) is 4.79 Å². The minimum absolute atomic E-state index is 0.0299. The number of anilines is 1. The molecule has 0 heterocycles. The minimum atomic E-state index is 0.0299. The summed E-state index contributed by atoms with van der Waals surface area (Å²) in [6, 6.07) is 28.5. The Hall–Kier alpha value is -3.13. The van der Waals surface area contributed by atoms with Gasteiger partial charge in [-0.05, 0) is 41.8 Å². The van der Waals surface area contributed by atoms with Crippen molar-refractivity contribution in [2.45, 2.75) is 13.8 Å². The van der Waals surface area contributed by atoms with Crippen LogP contribution in [-0.4, -0.2) is 12.5 Å². The van der Waals surface area contributed by atoms with Gasteiger partial charge in [-0.25, -0.2) is 0 Å². The lowest BCUT2D eigenvalue weighted by atomic mass is 10.0. The van der Waals surface area contributed by atoms with Crippen molar-refractivity contribution in [2.75, 3.05) is 11.4 Å². The van der Waals surface area contributed by atoms with E-state index >= 15 is 0 Å². The van der Waals surface area contributed by atoms with E-state index in [0.717, 1.165) is 22.4 Å². The largest absolute Gasteiger partial charge is 0.308 e. The minimum Gasteiger partial charge on any atom is -0.308 e. The first-order valence-electron chi connectivity index (χ1n) is 8.79. The smallest absolute Gasteiger partial charge is 0.224 e.